The van der Waals surface area contributed by atoms with Crippen LogP contribution in [0.5, 0.6) is 0 Å². The van der Waals surface area contributed by atoms with E-state index in [0.717, 1.165) is 0 Å². The maximum absolute atomic E-state index is 11.6. The first-order chi connectivity index (χ1) is 9.04. The Kier molecular flexibility index (Phi) is 2.42. The molecule has 5 N–H and O–H groups in total. The maximum Gasteiger partial charge on any atom is 0.327 e. The van der Waals surface area contributed by atoms with E-state index < -0.39 is 11.2 Å². The predicted octanol–water partition coefficient (Wildman–Crippen LogP) is 0.842. The zero-order valence-electron chi connectivity index (χ0n) is 9.45. The van der Waals surface area contributed by atoms with Crippen molar-refractivity contribution in [3.8, 4) is 11.4 Å². The minimum atomic E-state index is -0.616. The lowest BCUT2D eigenvalue weighted by atomic mass is 10.2. The zero-order valence-corrected chi connectivity index (χ0v) is 10.2. The van der Waals surface area contributed by atoms with Crippen molar-refractivity contribution in [2.75, 3.05) is 5.73 Å². The highest BCUT2D eigenvalue weighted by molar-refractivity contribution is 6.31. The average Bonchev–Trinajstić information content (AvgIpc) is 2.76. The fraction of sp³-hybridized carbons (Fsp3) is 0. The van der Waals surface area contributed by atoms with Gasteiger partial charge in [0.25, 0.3) is 5.56 Å². The quantitative estimate of drug-likeness (QED) is 0.493. The number of aromatic amines is 3. The molecule has 3 aromatic rings. The zero-order chi connectivity index (χ0) is 13.6. The lowest BCUT2D eigenvalue weighted by Crippen LogP contribution is -2.21. The summed E-state index contributed by atoms with van der Waals surface area (Å²) in [6, 6.07) is 4.91. The van der Waals surface area contributed by atoms with Crippen LogP contribution >= 0.6 is 11.6 Å². The summed E-state index contributed by atoms with van der Waals surface area (Å²) in [5, 5.41) is 0.493. The van der Waals surface area contributed by atoms with Gasteiger partial charge in [0, 0.05) is 16.3 Å². The molecule has 0 amide bonds. The Balaban J connectivity index is 2.32. The molecule has 3 rings (SSSR count). The molecule has 2 aromatic heterocycles. The Morgan fingerprint density at radius 3 is 2.74 bits per heavy atom. The van der Waals surface area contributed by atoms with Gasteiger partial charge in [0.1, 0.15) is 11.3 Å². The maximum atomic E-state index is 11.6. The third-order valence-corrected chi connectivity index (χ3v) is 2.90. The summed E-state index contributed by atoms with van der Waals surface area (Å²) in [7, 11) is 0. The van der Waals surface area contributed by atoms with Gasteiger partial charge in [-0.05, 0) is 18.2 Å². The van der Waals surface area contributed by atoms with Gasteiger partial charge >= 0.3 is 5.69 Å². The normalized spacial score (nSPS) is 11.0. The van der Waals surface area contributed by atoms with E-state index in [1.807, 2.05) is 0 Å². The molecule has 0 aliphatic carbocycles. The van der Waals surface area contributed by atoms with Gasteiger partial charge in [-0.3, -0.25) is 14.8 Å². The molecule has 7 nitrogen and oxygen atoms in total. The molecule has 8 heteroatoms. The highest BCUT2D eigenvalue weighted by Gasteiger charge is 2.11. The summed E-state index contributed by atoms with van der Waals surface area (Å²) in [5.41, 5.74) is 6.04. The van der Waals surface area contributed by atoms with Crippen molar-refractivity contribution < 1.29 is 0 Å². The van der Waals surface area contributed by atoms with Gasteiger partial charge in [0.2, 0.25) is 0 Å². The number of hydrogen-bond donors (Lipinski definition) is 4. The molecule has 0 bridgehead atoms. The molecule has 0 aliphatic heterocycles. The molecule has 0 spiro atoms. The molecule has 2 heterocycles. The van der Waals surface area contributed by atoms with Crippen molar-refractivity contribution in [2.24, 2.45) is 0 Å². The first-order valence-corrected chi connectivity index (χ1v) is 5.70. The van der Waals surface area contributed by atoms with E-state index in [1.165, 1.54) is 0 Å². The molecular formula is C11H8ClN5O2. The second-order valence-electron chi connectivity index (χ2n) is 3.95. The molecule has 0 unspecified atom stereocenters. The second kappa shape index (κ2) is 3.99. The molecule has 0 saturated heterocycles. The number of fused-ring (bicyclic) bond motifs is 1. The molecule has 96 valence electrons. The van der Waals surface area contributed by atoms with E-state index in [0.29, 0.717) is 22.1 Å². The molecule has 0 aliphatic rings. The monoisotopic (exact) mass is 277 g/mol. The number of nitrogen functional groups attached to an aromatic ring is 1. The number of rotatable bonds is 1. The Morgan fingerprint density at radius 2 is 1.95 bits per heavy atom. The molecular weight excluding hydrogens is 270 g/mol. The number of imidazole rings is 1. The fourth-order valence-corrected chi connectivity index (χ4v) is 1.97. The number of anilines is 1. The van der Waals surface area contributed by atoms with Gasteiger partial charge in [-0.15, -0.1) is 0 Å². The molecule has 0 radical (unpaired) electrons. The van der Waals surface area contributed by atoms with E-state index in [1.54, 1.807) is 18.2 Å². The SMILES string of the molecule is Nc1ccc(Cl)cc1-c1nc2[nH]c(=O)[nH]c(=O)c2[nH]1. The van der Waals surface area contributed by atoms with Crippen LogP contribution in [0.1, 0.15) is 0 Å². The van der Waals surface area contributed by atoms with Gasteiger partial charge in [-0.25, -0.2) is 9.78 Å². The number of nitrogens with one attached hydrogen (secondary N) is 3. The number of aromatic nitrogens is 4. The lowest BCUT2D eigenvalue weighted by molar-refractivity contribution is 1.07. The summed E-state index contributed by atoms with van der Waals surface area (Å²) in [6.07, 6.45) is 0. The van der Waals surface area contributed by atoms with Gasteiger partial charge in [-0.1, -0.05) is 11.6 Å². The Hall–Kier alpha value is -2.54. The minimum absolute atomic E-state index is 0.170. The summed E-state index contributed by atoms with van der Waals surface area (Å²) in [4.78, 5) is 34.2. The molecule has 1 aromatic carbocycles. The van der Waals surface area contributed by atoms with Gasteiger partial charge in [0.05, 0.1) is 0 Å². The Bertz CT molecular complexity index is 892. The average molecular weight is 278 g/mol. The molecule has 0 atom stereocenters. The third kappa shape index (κ3) is 1.89. The smallest absolute Gasteiger partial charge is 0.327 e. The largest absolute Gasteiger partial charge is 0.398 e. The van der Waals surface area contributed by atoms with Crippen LogP contribution in [0, 0.1) is 0 Å². The second-order valence-corrected chi connectivity index (χ2v) is 4.39. The third-order valence-electron chi connectivity index (χ3n) is 2.66. The number of halogens is 1. The van der Waals surface area contributed by atoms with Crippen LogP contribution in [0.3, 0.4) is 0 Å². The van der Waals surface area contributed by atoms with Crippen LogP contribution < -0.4 is 17.0 Å². The standard InChI is InChI=1S/C11H8ClN5O2/c12-4-1-2-6(13)5(3-4)8-14-7-9(15-8)16-11(19)17-10(7)18/h1-3H,13H2,(H3,14,15,16,17,18,19). The fourth-order valence-electron chi connectivity index (χ4n) is 1.79. The van der Waals surface area contributed by atoms with Crippen molar-refractivity contribution in [2.45, 2.75) is 0 Å². The molecule has 19 heavy (non-hydrogen) atoms. The van der Waals surface area contributed by atoms with Crippen LogP contribution in [-0.2, 0) is 0 Å². The van der Waals surface area contributed by atoms with Crippen LogP contribution in [0.2, 0.25) is 5.02 Å². The van der Waals surface area contributed by atoms with Crippen molar-refractivity contribution >= 4 is 28.5 Å². The lowest BCUT2D eigenvalue weighted by Gasteiger charge is -2.02. The summed E-state index contributed by atoms with van der Waals surface area (Å²) >= 11 is 5.90. The van der Waals surface area contributed by atoms with E-state index >= 15 is 0 Å². The first-order valence-electron chi connectivity index (χ1n) is 5.32. The molecule has 0 fully saturated rings. The van der Waals surface area contributed by atoms with E-state index in [2.05, 4.69) is 19.9 Å². The number of benzene rings is 1. The summed E-state index contributed by atoms with van der Waals surface area (Å²) < 4.78 is 0. The van der Waals surface area contributed by atoms with Crippen LogP contribution in [0.15, 0.2) is 27.8 Å². The van der Waals surface area contributed by atoms with Crippen LogP contribution in [-0.4, -0.2) is 19.9 Å². The summed E-state index contributed by atoms with van der Waals surface area (Å²) in [5.74, 6) is 0.363. The highest BCUT2D eigenvalue weighted by atomic mass is 35.5. The van der Waals surface area contributed by atoms with Crippen LogP contribution in [0.4, 0.5) is 5.69 Å². The number of H-pyrrole nitrogens is 3. The molecule has 0 saturated carbocycles. The first kappa shape index (κ1) is 11.5. The minimum Gasteiger partial charge on any atom is -0.398 e. The van der Waals surface area contributed by atoms with E-state index in [-0.39, 0.29) is 11.2 Å². The summed E-state index contributed by atoms with van der Waals surface area (Å²) in [6.45, 7) is 0. The topological polar surface area (TPSA) is 120 Å². The van der Waals surface area contributed by atoms with Crippen molar-refractivity contribution in [3.63, 3.8) is 0 Å². The van der Waals surface area contributed by atoms with Gasteiger partial charge in [0.15, 0.2) is 5.65 Å². The van der Waals surface area contributed by atoms with Gasteiger partial charge < -0.3 is 10.7 Å². The van der Waals surface area contributed by atoms with E-state index in [9.17, 15) is 9.59 Å². The van der Waals surface area contributed by atoms with E-state index in [4.69, 9.17) is 17.3 Å². The van der Waals surface area contributed by atoms with Crippen molar-refractivity contribution in [3.05, 3.63) is 44.1 Å². The predicted molar refractivity (Wildman–Crippen MR) is 72.2 cm³/mol. The number of hydrogen-bond acceptors (Lipinski definition) is 4. The van der Waals surface area contributed by atoms with Crippen LogP contribution in [0.25, 0.3) is 22.6 Å². The van der Waals surface area contributed by atoms with Gasteiger partial charge in [-0.2, -0.15) is 0 Å². The van der Waals surface area contributed by atoms with Crippen molar-refractivity contribution in [1.29, 1.82) is 0 Å². The number of nitrogens with two attached hydrogens (primary N) is 1. The number of nitrogens with zero attached hydrogens (tertiary/aromatic N) is 1. The van der Waals surface area contributed by atoms with Crippen molar-refractivity contribution in [1.82, 2.24) is 19.9 Å². The Morgan fingerprint density at radius 1 is 1.16 bits per heavy atom. The Labute approximate surface area is 110 Å². The highest BCUT2D eigenvalue weighted by Crippen LogP contribution is 2.27.